The first kappa shape index (κ1) is 17.2. The van der Waals surface area contributed by atoms with Gasteiger partial charge in [-0.1, -0.05) is 30.3 Å². The van der Waals surface area contributed by atoms with E-state index in [9.17, 15) is 9.18 Å². The van der Waals surface area contributed by atoms with Gasteiger partial charge in [0.05, 0.1) is 17.9 Å². The van der Waals surface area contributed by atoms with Crippen LogP contribution in [0.3, 0.4) is 0 Å². The maximum Gasteiger partial charge on any atom is 0.164 e. The van der Waals surface area contributed by atoms with E-state index in [2.05, 4.69) is 12.1 Å². The number of carbonyl (C=O) groups is 1. The fourth-order valence-corrected chi connectivity index (χ4v) is 3.27. The molecule has 2 aromatic rings. The average Bonchev–Trinajstić information content (AvgIpc) is 2.62. The van der Waals surface area contributed by atoms with Crippen LogP contribution in [0.25, 0.3) is 5.57 Å². The number of nitrogens with zero attached hydrogens (tertiary/aromatic N) is 1. The minimum absolute atomic E-state index is 0.175. The highest BCUT2D eigenvalue weighted by molar-refractivity contribution is 6.00. The Labute approximate surface area is 147 Å². The van der Waals surface area contributed by atoms with Crippen LogP contribution in [-0.4, -0.2) is 25.5 Å². The zero-order valence-electron chi connectivity index (χ0n) is 14.6. The lowest BCUT2D eigenvalue weighted by Crippen LogP contribution is -2.30. The molecule has 4 heteroatoms. The molecule has 0 fully saturated rings. The molecule has 3 nitrogen and oxygen atoms in total. The maximum absolute atomic E-state index is 14.1. The van der Waals surface area contributed by atoms with E-state index >= 15 is 0 Å². The summed E-state index contributed by atoms with van der Waals surface area (Å²) in [5.74, 6) is 0.186. The van der Waals surface area contributed by atoms with Crippen molar-refractivity contribution in [3.05, 3.63) is 65.5 Å². The Bertz CT molecular complexity index is 813. The van der Waals surface area contributed by atoms with Gasteiger partial charge >= 0.3 is 0 Å². The number of benzene rings is 2. The van der Waals surface area contributed by atoms with Crippen molar-refractivity contribution >= 4 is 17.0 Å². The number of anilines is 1. The zero-order chi connectivity index (χ0) is 17.8. The number of carbonyl (C=O) groups excluding carboxylic acids is 1. The molecule has 130 valence electrons. The molecule has 0 aliphatic carbocycles. The smallest absolute Gasteiger partial charge is 0.164 e. The third kappa shape index (κ3) is 3.58. The maximum atomic E-state index is 14.1. The largest absolute Gasteiger partial charge is 0.493 e. The fourth-order valence-electron chi connectivity index (χ4n) is 3.27. The monoisotopic (exact) mass is 339 g/mol. The van der Waals surface area contributed by atoms with Crippen molar-refractivity contribution in [1.29, 1.82) is 0 Å². The van der Waals surface area contributed by atoms with Crippen LogP contribution < -0.4 is 9.64 Å². The molecule has 0 unspecified atom stereocenters. The van der Waals surface area contributed by atoms with Crippen LogP contribution in [-0.2, 0) is 0 Å². The van der Waals surface area contributed by atoms with Gasteiger partial charge in [-0.2, -0.15) is 0 Å². The number of hydrogen-bond donors (Lipinski definition) is 0. The minimum Gasteiger partial charge on any atom is -0.493 e. The number of halogens is 1. The van der Waals surface area contributed by atoms with Gasteiger partial charge in [0.15, 0.2) is 5.78 Å². The number of rotatable bonds is 5. The second-order valence-corrected chi connectivity index (χ2v) is 6.04. The molecule has 0 N–H and O–H groups in total. The summed E-state index contributed by atoms with van der Waals surface area (Å²) in [4.78, 5) is 13.9. The summed E-state index contributed by atoms with van der Waals surface area (Å²) in [7, 11) is 0. The Hall–Kier alpha value is -2.62. The molecule has 1 heterocycles. The molecule has 1 aliphatic heterocycles. The second kappa shape index (κ2) is 7.51. The molecular formula is C21H22FNO2. The van der Waals surface area contributed by atoms with Crippen molar-refractivity contribution in [2.45, 2.75) is 20.3 Å². The van der Waals surface area contributed by atoms with Gasteiger partial charge in [0.2, 0.25) is 0 Å². The Morgan fingerprint density at radius 3 is 2.68 bits per heavy atom. The van der Waals surface area contributed by atoms with Crippen LogP contribution in [0, 0.1) is 5.82 Å². The average molecular weight is 339 g/mol. The number of para-hydroxylation sites is 1. The molecule has 1 aliphatic rings. The first-order valence-electron chi connectivity index (χ1n) is 8.57. The highest BCUT2D eigenvalue weighted by atomic mass is 19.1. The standard InChI is InChI=1S/C21H22FNO2/c1-3-25-20-10-5-4-7-17(20)16-11-13-23(14-12-16)19-9-6-8-18(22)21(19)15(2)24/h4-11H,3,12-14H2,1-2H3. The van der Waals surface area contributed by atoms with E-state index in [1.807, 2.05) is 36.1 Å². The Kier molecular flexibility index (Phi) is 5.17. The Morgan fingerprint density at radius 1 is 1.20 bits per heavy atom. The number of ether oxygens (including phenoxy) is 1. The molecule has 0 bridgehead atoms. The molecule has 0 spiro atoms. The van der Waals surface area contributed by atoms with Crippen LogP contribution in [0.1, 0.15) is 36.2 Å². The predicted octanol–water partition coefficient (Wildman–Crippen LogP) is 4.72. The van der Waals surface area contributed by atoms with Crippen LogP contribution >= 0.6 is 0 Å². The highest BCUT2D eigenvalue weighted by Gasteiger charge is 2.21. The van der Waals surface area contributed by atoms with E-state index in [1.165, 1.54) is 18.6 Å². The summed E-state index contributed by atoms with van der Waals surface area (Å²) in [5.41, 5.74) is 3.17. The SMILES string of the molecule is CCOc1ccccc1C1=CCN(c2cccc(F)c2C(C)=O)CC1. The number of hydrogen-bond acceptors (Lipinski definition) is 3. The second-order valence-electron chi connectivity index (χ2n) is 6.04. The summed E-state index contributed by atoms with van der Waals surface area (Å²) < 4.78 is 19.8. The van der Waals surface area contributed by atoms with Crippen molar-refractivity contribution in [2.24, 2.45) is 0 Å². The first-order chi connectivity index (χ1) is 12.1. The van der Waals surface area contributed by atoms with Gasteiger partial charge in [0, 0.05) is 18.7 Å². The van der Waals surface area contributed by atoms with Crippen LogP contribution in [0.2, 0.25) is 0 Å². The van der Waals surface area contributed by atoms with Crippen molar-refractivity contribution < 1.29 is 13.9 Å². The van der Waals surface area contributed by atoms with Crippen molar-refractivity contribution in [2.75, 3.05) is 24.6 Å². The van der Waals surface area contributed by atoms with Crippen LogP contribution in [0.5, 0.6) is 5.75 Å². The topological polar surface area (TPSA) is 29.5 Å². The molecule has 0 saturated heterocycles. The summed E-state index contributed by atoms with van der Waals surface area (Å²) in [6.45, 7) is 5.38. The Morgan fingerprint density at radius 2 is 2.00 bits per heavy atom. The quantitative estimate of drug-likeness (QED) is 0.738. The van der Waals surface area contributed by atoms with E-state index in [-0.39, 0.29) is 11.3 Å². The van der Waals surface area contributed by atoms with Crippen LogP contribution in [0.15, 0.2) is 48.5 Å². The van der Waals surface area contributed by atoms with Gasteiger partial charge in [0.1, 0.15) is 11.6 Å². The highest BCUT2D eigenvalue weighted by Crippen LogP contribution is 2.33. The number of ketones is 1. The zero-order valence-corrected chi connectivity index (χ0v) is 14.6. The molecule has 3 rings (SSSR count). The normalized spacial score (nSPS) is 14.2. The van der Waals surface area contributed by atoms with E-state index in [4.69, 9.17) is 4.74 Å². The van der Waals surface area contributed by atoms with Gasteiger partial charge in [-0.15, -0.1) is 0 Å². The van der Waals surface area contributed by atoms with Crippen LogP contribution in [0.4, 0.5) is 10.1 Å². The van der Waals surface area contributed by atoms with E-state index in [0.29, 0.717) is 18.8 Å². The lowest BCUT2D eigenvalue weighted by Gasteiger charge is -2.30. The van der Waals surface area contributed by atoms with Gasteiger partial charge < -0.3 is 9.64 Å². The third-order valence-electron chi connectivity index (χ3n) is 4.43. The summed E-state index contributed by atoms with van der Waals surface area (Å²) in [5, 5.41) is 0. The van der Waals surface area contributed by atoms with Crippen molar-refractivity contribution in [3.8, 4) is 5.75 Å². The molecule has 0 amide bonds. The summed E-state index contributed by atoms with van der Waals surface area (Å²) in [6, 6.07) is 12.8. The fraction of sp³-hybridized carbons (Fsp3) is 0.286. The molecule has 0 aromatic heterocycles. The molecule has 25 heavy (non-hydrogen) atoms. The van der Waals surface area contributed by atoms with Gasteiger partial charge in [0.25, 0.3) is 0 Å². The molecule has 0 saturated carbocycles. The lowest BCUT2D eigenvalue weighted by atomic mass is 9.97. The van der Waals surface area contributed by atoms with E-state index in [0.717, 1.165) is 24.3 Å². The number of Topliss-reactive ketones (excluding diaryl/α,β-unsaturated/α-hetero) is 1. The Balaban J connectivity index is 1.87. The van der Waals surface area contributed by atoms with Gasteiger partial charge in [-0.25, -0.2) is 4.39 Å². The minimum atomic E-state index is -0.457. The van der Waals surface area contributed by atoms with Gasteiger partial charge in [-0.05, 0) is 44.0 Å². The van der Waals surface area contributed by atoms with E-state index in [1.54, 1.807) is 6.07 Å². The van der Waals surface area contributed by atoms with Crippen molar-refractivity contribution in [3.63, 3.8) is 0 Å². The molecular weight excluding hydrogens is 317 g/mol. The van der Waals surface area contributed by atoms with Crippen molar-refractivity contribution in [1.82, 2.24) is 0 Å². The molecule has 2 aromatic carbocycles. The first-order valence-corrected chi connectivity index (χ1v) is 8.57. The molecule has 0 radical (unpaired) electrons. The summed E-state index contributed by atoms with van der Waals surface area (Å²) >= 11 is 0. The predicted molar refractivity (Wildman–Crippen MR) is 98.8 cm³/mol. The molecule has 0 atom stereocenters. The third-order valence-corrected chi connectivity index (χ3v) is 4.43. The summed E-state index contributed by atoms with van der Waals surface area (Å²) in [6.07, 6.45) is 2.95. The van der Waals surface area contributed by atoms with E-state index < -0.39 is 5.82 Å². The lowest BCUT2D eigenvalue weighted by molar-refractivity contribution is 0.101. The van der Waals surface area contributed by atoms with Gasteiger partial charge in [-0.3, -0.25) is 4.79 Å².